The first-order valence-corrected chi connectivity index (χ1v) is 44.0. The predicted molar refractivity (Wildman–Crippen MR) is 552 cm³/mol. The van der Waals surface area contributed by atoms with E-state index in [2.05, 4.69) is 113 Å². The van der Waals surface area contributed by atoms with E-state index in [1.807, 2.05) is 226 Å². The van der Waals surface area contributed by atoms with Gasteiger partial charge in [0.15, 0.2) is 12.0 Å². The van der Waals surface area contributed by atoms with E-state index in [0.29, 0.717) is 58.0 Å². The van der Waals surface area contributed by atoms with E-state index in [4.69, 9.17) is 87.4 Å². The Kier molecular flexibility index (Phi) is 69.0. The van der Waals surface area contributed by atoms with Crippen molar-refractivity contribution in [2.75, 3.05) is 84.8 Å². The summed E-state index contributed by atoms with van der Waals surface area (Å²) >= 11 is 0. The van der Waals surface area contributed by atoms with Crippen molar-refractivity contribution < 1.29 is 130 Å². The van der Waals surface area contributed by atoms with Crippen molar-refractivity contribution in [3.8, 4) is 69.7 Å². The molecule has 11 aromatic rings. The van der Waals surface area contributed by atoms with Crippen molar-refractivity contribution in [2.24, 2.45) is 21.8 Å². The first kappa shape index (κ1) is 136. The van der Waals surface area contributed by atoms with Crippen molar-refractivity contribution in [2.45, 2.75) is 145 Å². The van der Waals surface area contributed by atoms with Gasteiger partial charge in [0, 0.05) is 101 Å². The number of carbonyl (C=O) groups is 10. The van der Waals surface area contributed by atoms with E-state index in [1.54, 1.807) is 87.8 Å². The number of aliphatic carboxylic acids is 1. The molecule has 16 N–H and O–H groups in total. The molecule has 6 heterocycles. The van der Waals surface area contributed by atoms with Crippen LogP contribution in [0.5, 0.6) is 58.1 Å². The van der Waals surface area contributed by atoms with Gasteiger partial charge in [-0.3, -0.25) is 24.1 Å². The molecule has 0 saturated heterocycles. The van der Waals surface area contributed by atoms with Crippen LogP contribution in [0.25, 0.3) is 11.6 Å². The maximum Gasteiger partial charge on any atom is 0.407 e. The van der Waals surface area contributed by atoms with Crippen LogP contribution < -0.4 is 73.4 Å². The van der Waals surface area contributed by atoms with Crippen LogP contribution in [0.4, 0.5) is 24.0 Å². The quantitative estimate of drug-likeness (QED) is 0.00641. The van der Waals surface area contributed by atoms with Gasteiger partial charge in [-0.2, -0.15) is 9.98 Å². The summed E-state index contributed by atoms with van der Waals surface area (Å²) < 4.78 is 70.8. The number of nitrogens with zero attached hydrogens (tertiary/aromatic N) is 16. The smallest absolute Gasteiger partial charge is 0.407 e. The van der Waals surface area contributed by atoms with Crippen molar-refractivity contribution in [3.63, 3.8) is 0 Å². The Hall–Kier alpha value is -17.8. The first-order chi connectivity index (χ1) is 70.1. The summed E-state index contributed by atoms with van der Waals surface area (Å²) in [5.74, 6) is 5.66. The number of alkyl carbamates (subject to hydrolysis) is 5. The van der Waals surface area contributed by atoms with E-state index in [1.165, 1.54) is 111 Å². The summed E-state index contributed by atoms with van der Waals surface area (Å²) in [5, 5.41) is 42.3. The number of carbonyl (C=O) groups excluding carboxylic acids is 9. The number of carboxylic acids is 1. The minimum atomic E-state index is -0.833. The molecule has 0 atom stereocenters. The molecule has 6 aromatic heterocycles. The third-order valence-electron chi connectivity index (χ3n) is 14.2. The third kappa shape index (κ3) is 72.5. The van der Waals surface area contributed by atoms with Gasteiger partial charge in [0.05, 0.1) is 13.4 Å². The largest absolute Gasteiger partial charge is 0.481 e. The fourth-order valence-electron chi connectivity index (χ4n) is 8.58. The molecule has 0 aliphatic heterocycles. The Bertz CT molecular complexity index is 5520. The van der Waals surface area contributed by atoms with E-state index < -0.39 is 29.7 Å². The number of nitrogens with two attached hydrogens (primary N) is 2. The maximum absolute atomic E-state index is 11.8. The number of hydrogen-bond donors (Lipinski definition) is 12. The Morgan fingerprint density at radius 3 is 0.900 bits per heavy atom. The number of amides is 8. The number of nitrogens with one attached hydrogen (secondary N) is 6. The molecule has 52 nitrogen and oxygen atoms in total. The summed E-state index contributed by atoms with van der Waals surface area (Å²) in [6, 6.07) is 53.2. The molecule has 0 saturated carbocycles. The first-order valence-electron chi connectivity index (χ1n) is 44.0. The number of para-hydroxylation sites is 5. The van der Waals surface area contributed by atoms with Crippen LogP contribution in [0.3, 0.4) is 0 Å². The number of oxime groups is 1. The fourth-order valence-corrected chi connectivity index (χ4v) is 8.58. The minimum absolute atomic E-state index is 0. The highest BCUT2D eigenvalue weighted by molar-refractivity contribution is 5.99. The Morgan fingerprint density at radius 2 is 0.660 bits per heavy atom. The standard InChI is InChI=1S/C14H14N4O2.C12H10N4O3.C12H8N4O2.C12H10N2O3.C11H9N3O2.5C6H13NO2.C5H13NO2.C2H4O2.H3NO.H3N/c1-18(2)10-17-14(19)12-8-13(16-9-15-12)20-11-6-4-3-5-7-11;17-12(15-8-16-18)10-6-11(14-7-13-10)19-9-4-2-1-3-5-9;1-2-4-9(5-3-1)17-11-6-10(13-7-14-11)12-15-8-16-18-12;1-16-12(15)10-7-11(14-8-13-10)17-9-5-3-2-4-6-9;12-11(15)9-6-10(14-7-13-9)16-8-4-2-1-3-5-8;5*1-6(2,3)9-5(8)7-4;1-6(2)5(7-3)8-4;1-2(3)4;1-2;/h3-10H,1-2H3;1-8,18H,(H,15,16,17);1-8H;2-8H,1H3;1-7H,(H2,12,15);5*1-4H3,(H,7,8);5H,1-4H3;1H3,(H,3,4);2H,1H2;1H3. The molecule has 0 spiro atoms. The van der Waals surface area contributed by atoms with Crippen molar-refractivity contribution >= 4 is 72.8 Å². The molecule has 818 valence electrons. The Labute approximate surface area is 870 Å². The number of hydrogen-bond acceptors (Lipinski definition) is 42. The van der Waals surface area contributed by atoms with Crippen LogP contribution >= 0.6 is 0 Å². The highest BCUT2D eigenvalue weighted by Gasteiger charge is 2.20. The van der Waals surface area contributed by atoms with Gasteiger partial charge in [0.1, 0.15) is 118 Å². The lowest BCUT2D eigenvalue weighted by Gasteiger charge is -2.19. The second-order valence-corrected chi connectivity index (χ2v) is 33.1. The van der Waals surface area contributed by atoms with Gasteiger partial charge in [0.25, 0.3) is 29.6 Å². The summed E-state index contributed by atoms with van der Waals surface area (Å²) in [7, 11) is 19.5. The molecule has 0 aliphatic rings. The average molecular weight is 2100 g/mol. The van der Waals surface area contributed by atoms with Crippen LogP contribution in [0.15, 0.2) is 235 Å². The highest BCUT2D eigenvalue weighted by Crippen LogP contribution is 2.26. The number of methoxy groups -OCH3 is 3. The van der Waals surface area contributed by atoms with Crippen molar-refractivity contribution in [1.29, 1.82) is 0 Å². The number of benzene rings is 5. The fraction of sp³-hybridized carbons (Fsp3) is 0.347. The predicted octanol–water partition coefficient (Wildman–Crippen LogP) is 14.6. The van der Waals surface area contributed by atoms with Crippen LogP contribution in [-0.2, 0) is 42.7 Å². The topological polar surface area (TPSA) is 710 Å². The van der Waals surface area contributed by atoms with Gasteiger partial charge in [-0.25, -0.2) is 84.5 Å². The van der Waals surface area contributed by atoms with E-state index in [-0.39, 0.29) is 106 Å². The Morgan fingerprint density at radius 1 is 0.393 bits per heavy atom. The second-order valence-electron chi connectivity index (χ2n) is 33.1. The van der Waals surface area contributed by atoms with Crippen LogP contribution in [0.1, 0.15) is 153 Å². The highest BCUT2D eigenvalue weighted by atomic mass is 16.7. The molecule has 0 radical (unpaired) electrons. The van der Waals surface area contributed by atoms with Gasteiger partial charge in [-0.15, -0.1) is 0 Å². The number of aliphatic imine (C=N–C) groups is 1. The number of carboxylic acid groups (broad SMARTS) is 1. The summed E-state index contributed by atoms with van der Waals surface area (Å²) in [6.07, 6.45) is 7.80. The lowest BCUT2D eigenvalue weighted by atomic mass is 10.2. The molecule has 0 aliphatic carbocycles. The lowest BCUT2D eigenvalue weighted by Crippen LogP contribution is -2.30. The zero-order valence-corrected chi connectivity index (χ0v) is 89.2. The number of ether oxygens (including phenoxy) is 13. The number of aromatic nitrogens is 12. The number of rotatable bonds is 20. The van der Waals surface area contributed by atoms with Gasteiger partial charge >= 0.3 is 36.4 Å². The SMILES string of the molecule is CC(=O)O.CN(C)C=NC(=O)c1cc(Oc2ccccc2)ncn1.CNC(=O)OC(C)(C)C.CNC(=O)OC(C)(C)C.CNC(=O)OC(C)(C)C.CNC(=O)OC(C)(C)C.CNC(=O)OC(C)(C)C.COC(=O)c1cc(Oc2ccccc2)ncn1.COC(OC)N(C)C.N.NC(=O)c1cc(Oc2ccccc2)ncn1.NO.O=C(NC=NO)c1cc(Oc2ccccc2)ncn1.c1ccc(Oc2cc(-c3ncno3)ncn2)cc1. The van der Waals surface area contributed by atoms with Gasteiger partial charge < -0.3 is 130 Å². The lowest BCUT2D eigenvalue weighted by molar-refractivity contribution is -0.179. The Balaban J connectivity index is -0.00000160. The normalized spacial score (nSPS) is 10.1. The zero-order chi connectivity index (χ0) is 113. The maximum atomic E-state index is 11.8. The third-order valence-corrected chi connectivity index (χ3v) is 14.2. The minimum Gasteiger partial charge on any atom is -0.481 e. The number of esters is 1. The molecule has 8 amide bonds. The van der Waals surface area contributed by atoms with Crippen LogP contribution in [0.2, 0.25) is 0 Å². The molecule has 0 bridgehead atoms. The molecule has 0 fully saturated rings. The van der Waals surface area contributed by atoms with Gasteiger partial charge in [-0.1, -0.05) is 101 Å². The summed E-state index contributed by atoms with van der Waals surface area (Å²) in [6.45, 7) is 28.4. The monoisotopic (exact) mass is 2100 g/mol. The molecule has 150 heavy (non-hydrogen) atoms. The molecule has 11 rings (SSSR count). The van der Waals surface area contributed by atoms with Crippen LogP contribution in [0, 0.1) is 0 Å². The van der Waals surface area contributed by atoms with Gasteiger partial charge in [-0.05, 0) is 179 Å². The summed E-state index contributed by atoms with van der Waals surface area (Å²) in [5.41, 5.74) is 4.24. The van der Waals surface area contributed by atoms with E-state index in [0.717, 1.165) is 13.3 Å². The zero-order valence-electron chi connectivity index (χ0n) is 89.2. The molecular weight excluding hydrogens is 1960 g/mol. The van der Waals surface area contributed by atoms with E-state index >= 15 is 0 Å². The molecule has 52 heteroatoms. The molecule has 5 aromatic carbocycles. The summed E-state index contributed by atoms with van der Waals surface area (Å²) in [4.78, 5) is 157. The van der Waals surface area contributed by atoms with E-state index in [9.17, 15) is 43.2 Å². The average Bonchev–Trinajstić information content (AvgIpc) is 1.76. The van der Waals surface area contributed by atoms with Crippen molar-refractivity contribution in [1.82, 2.24) is 108 Å². The molecule has 0 unspecified atom stereocenters. The van der Waals surface area contributed by atoms with Crippen molar-refractivity contribution in [3.05, 3.63) is 243 Å². The van der Waals surface area contributed by atoms with Crippen LogP contribution in [-0.4, -0.2) is 277 Å². The second kappa shape index (κ2) is 75.9. The number of primary amides is 1. The van der Waals surface area contributed by atoms with Gasteiger partial charge in [0.2, 0.25) is 35.8 Å². The molecular formula is C98H139N25O27.